The summed E-state index contributed by atoms with van der Waals surface area (Å²) in [6.07, 6.45) is 0. The highest BCUT2D eigenvalue weighted by Gasteiger charge is 2.23. The third kappa shape index (κ3) is 5.02. The van der Waals surface area contributed by atoms with E-state index in [2.05, 4.69) is 50.4 Å². The number of benzene rings is 1. The SMILES string of the molecule is CCNC(CS(=O)C(C)(C)C)c1ccc(C(C)C)cc1. The predicted molar refractivity (Wildman–Crippen MR) is 89.7 cm³/mol. The number of hydrogen-bond donors (Lipinski definition) is 1. The molecule has 0 amide bonds. The molecule has 3 heteroatoms. The molecule has 20 heavy (non-hydrogen) atoms. The minimum absolute atomic E-state index is 0.161. The molecular weight excluding hydrogens is 266 g/mol. The largest absolute Gasteiger partial charge is 0.309 e. The van der Waals surface area contributed by atoms with Crippen LogP contribution < -0.4 is 5.32 Å². The average Bonchev–Trinajstić information content (AvgIpc) is 2.37. The smallest absolute Gasteiger partial charge is 0.0436 e. The van der Waals surface area contributed by atoms with Gasteiger partial charge in [-0.3, -0.25) is 4.21 Å². The van der Waals surface area contributed by atoms with Crippen molar-refractivity contribution in [3.63, 3.8) is 0 Å². The second kappa shape index (κ2) is 7.37. The molecule has 1 N–H and O–H groups in total. The fraction of sp³-hybridized carbons (Fsp3) is 0.647. The summed E-state index contributed by atoms with van der Waals surface area (Å²) < 4.78 is 12.2. The lowest BCUT2D eigenvalue weighted by Crippen LogP contribution is -2.32. The molecule has 2 unspecified atom stereocenters. The van der Waals surface area contributed by atoms with Crippen molar-refractivity contribution in [3.05, 3.63) is 35.4 Å². The molecule has 0 aliphatic carbocycles. The second-order valence-corrected chi connectivity index (χ2v) is 8.81. The Labute approximate surface area is 126 Å². The van der Waals surface area contributed by atoms with Crippen molar-refractivity contribution < 1.29 is 4.21 Å². The summed E-state index contributed by atoms with van der Waals surface area (Å²) in [5.41, 5.74) is 2.58. The molecule has 2 atom stereocenters. The van der Waals surface area contributed by atoms with Crippen LogP contribution in [0.5, 0.6) is 0 Å². The van der Waals surface area contributed by atoms with E-state index < -0.39 is 10.8 Å². The van der Waals surface area contributed by atoms with Gasteiger partial charge in [0.05, 0.1) is 0 Å². The Balaban J connectivity index is 2.88. The molecule has 0 spiro atoms. The van der Waals surface area contributed by atoms with Crippen molar-refractivity contribution >= 4 is 10.8 Å². The fourth-order valence-corrected chi connectivity index (χ4v) is 3.15. The first-order valence-corrected chi connectivity index (χ1v) is 8.79. The zero-order valence-electron chi connectivity index (χ0n) is 13.7. The zero-order chi connectivity index (χ0) is 15.3. The lowest BCUT2D eigenvalue weighted by molar-refractivity contribution is 0.583. The monoisotopic (exact) mass is 295 g/mol. The van der Waals surface area contributed by atoms with Gasteiger partial charge in [0.25, 0.3) is 0 Å². The Bertz CT molecular complexity index is 431. The predicted octanol–water partition coefficient (Wildman–Crippen LogP) is 4.01. The van der Waals surface area contributed by atoms with E-state index in [9.17, 15) is 4.21 Å². The van der Waals surface area contributed by atoms with Gasteiger partial charge in [0.1, 0.15) is 0 Å². The van der Waals surface area contributed by atoms with Gasteiger partial charge >= 0.3 is 0 Å². The first kappa shape index (κ1) is 17.4. The van der Waals surface area contributed by atoms with E-state index in [1.807, 2.05) is 20.8 Å². The Kier molecular flexibility index (Phi) is 6.41. The standard InChI is InChI=1S/C17H29NOS/c1-7-18-16(12-20(19)17(4,5)6)15-10-8-14(9-11-15)13(2)3/h8-11,13,16,18H,7,12H2,1-6H3. The van der Waals surface area contributed by atoms with E-state index in [0.717, 1.165) is 6.54 Å². The molecule has 0 saturated carbocycles. The van der Waals surface area contributed by atoms with Gasteiger partial charge in [-0.05, 0) is 44.4 Å². The first-order valence-electron chi connectivity index (χ1n) is 7.47. The van der Waals surface area contributed by atoms with E-state index in [-0.39, 0.29) is 10.8 Å². The molecule has 0 aliphatic rings. The summed E-state index contributed by atoms with van der Waals surface area (Å²) in [5, 5.41) is 3.46. The summed E-state index contributed by atoms with van der Waals surface area (Å²) in [6, 6.07) is 8.88. The summed E-state index contributed by atoms with van der Waals surface area (Å²) in [6.45, 7) is 13.5. The van der Waals surface area contributed by atoms with Gasteiger partial charge in [-0.15, -0.1) is 0 Å². The maximum atomic E-state index is 12.4. The van der Waals surface area contributed by atoms with Gasteiger partial charge in [-0.25, -0.2) is 0 Å². The second-order valence-electron chi connectivity index (χ2n) is 6.56. The van der Waals surface area contributed by atoms with Crippen molar-refractivity contribution in [1.29, 1.82) is 0 Å². The third-order valence-corrected chi connectivity index (χ3v) is 5.46. The molecule has 0 radical (unpaired) electrons. The summed E-state index contributed by atoms with van der Waals surface area (Å²) >= 11 is 0. The van der Waals surface area contributed by atoms with Gasteiger partial charge in [-0.2, -0.15) is 0 Å². The van der Waals surface area contributed by atoms with Crippen LogP contribution in [0.1, 0.15) is 64.6 Å². The van der Waals surface area contributed by atoms with Crippen LogP contribution in [0.4, 0.5) is 0 Å². The molecule has 0 heterocycles. The fourth-order valence-electron chi connectivity index (χ4n) is 2.03. The molecule has 1 rings (SSSR count). The van der Waals surface area contributed by atoms with Crippen molar-refractivity contribution in [1.82, 2.24) is 5.32 Å². The number of nitrogens with one attached hydrogen (secondary N) is 1. The van der Waals surface area contributed by atoms with Gasteiger partial charge in [0, 0.05) is 27.3 Å². The van der Waals surface area contributed by atoms with Crippen LogP contribution in [0.2, 0.25) is 0 Å². The maximum Gasteiger partial charge on any atom is 0.0436 e. The summed E-state index contributed by atoms with van der Waals surface area (Å²) in [7, 11) is -0.846. The highest BCUT2D eigenvalue weighted by molar-refractivity contribution is 7.86. The van der Waals surface area contributed by atoms with Gasteiger partial charge in [-0.1, -0.05) is 45.0 Å². The lowest BCUT2D eigenvalue weighted by atomic mass is 9.99. The normalized spacial score (nSPS) is 15.3. The van der Waals surface area contributed by atoms with E-state index in [1.165, 1.54) is 11.1 Å². The molecule has 0 bridgehead atoms. The molecule has 0 fully saturated rings. The topological polar surface area (TPSA) is 29.1 Å². The van der Waals surface area contributed by atoms with Gasteiger partial charge in [0.15, 0.2) is 0 Å². The lowest BCUT2D eigenvalue weighted by Gasteiger charge is -2.24. The quantitative estimate of drug-likeness (QED) is 0.859. The van der Waals surface area contributed by atoms with E-state index >= 15 is 0 Å². The Hall–Kier alpha value is -0.670. The number of hydrogen-bond acceptors (Lipinski definition) is 2. The van der Waals surface area contributed by atoms with Crippen LogP contribution in [-0.4, -0.2) is 21.3 Å². The van der Waals surface area contributed by atoms with E-state index in [4.69, 9.17) is 0 Å². The Morgan fingerprint density at radius 3 is 2.00 bits per heavy atom. The zero-order valence-corrected chi connectivity index (χ0v) is 14.5. The van der Waals surface area contributed by atoms with E-state index in [0.29, 0.717) is 11.7 Å². The molecule has 1 aromatic rings. The molecule has 0 aromatic heterocycles. The van der Waals surface area contributed by atoms with Gasteiger partial charge < -0.3 is 5.32 Å². The van der Waals surface area contributed by atoms with Crippen LogP contribution in [0.25, 0.3) is 0 Å². The molecule has 2 nitrogen and oxygen atoms in total. The van der Waals surface area contributed by atoms with Crippen molar-refractivity contribution in [2.24, 2.45) is 0 Å². The van der Waals surface area contributed by atoms with E-state index in [1.54, 1.807) is 0 Å². The Morgan fingerprint density at radius 2 is 1.60 bits per heavy atom. The van der Waals surface area contributed by atoms with Crippen molar-refractivity contribution in [3.8, 4) is 0 Å². The van der Waals surface area contributed by atoms with Crippen LogP contribution in [-0.2, 0) is 10.8 Å². The molecule has 0 saturated heterocycles. The average molecular weight is 295 g/mol. The number of rotatable bonds is 6. The van der Waals surface area contributed by atoms with Crippen molar-refractivity contribution in [2.45, 2.75) is 58.2 Å². The van der Waals surface area contributed by atoms with Crippen LogP contribution in [0, 0.1) is 0 Å². The minimum Gasteiger partial charge on any atom is -0.309 e. The minimum atomic E-state index is -0.846. The highest BCUT2D eigenvalue weighted by Crippen LogP contribution is 2.22. The Morgan fingerprint density at radius 1 is 1.10 bits per heavy atom. The molecule has 114 valence electrons. The summed E-state index contributed by atoms with van der Waals surface area (Å²) in [4.78, 5) is 0. The highest BCUT2D eigenvalue weighted by atomic mass is 32.2. The van der Waals surface area contributed by atoms with Crippen LogP contribution in [0.3, 0.4) is 0 Å². The van der Waals surface area contributed by atoms with Crippen LogP contribution >= 0.6 is 0 Å². The molecular formula is C17H29NOS. The molecule has 1 aromatic carbocycles. The first-order chi connectivity index (χ1) is 9.25. The van der Waals surface area contributed by atoms with Crippen LogP contribution in [0.15, 0.2) is 24.3 Å². The molecule has 0 aliphatic heterocycles. The maximum absolute atomic E-state index is 12.4. The third-order valence-electron chi connectivity index (χ3n) is 3.46. The van der Waals surface area contributed by atoms with Crippen molar-refractivity contribution in [2.75, 3.05) is 12.3 Å². The summed E-state index contributed by atoms with van der Waals surface area (Å²) in [5.74, 6) is 1.21. The van der Waals surface area contributed by atoms with Gasteiger partial charge in [0.2, 0.25) is 0 Å².